The lowest BCUT2D eigenvalue weighted by Gasteiger charge is -2.26. The Kier molecular flexibility index (Phi) is 30.6. The summed E-state index contributed by atoms with van der Waals surface area (Å²) in [5.41, 5.74) is 4.79. The molecule has 0 saturated carbocycles. The highest BCUT2D eigenvalue weighted by molar-refractivity contribution is 7.86. The highest BCUT2D eigenvalue weighted by Crippen LogP contribution is 2.33. The molecule has 11 rings (SSSR count). The molecule has 0 amide bonds. The molecule has 0 bridgehead atoms. The van der Waals surface area contributed by atoms with Gasteiger partial charge in [-0.1, -0.05) is 106 Å². The minimum atomic E-state index is -3.57. The molecule has 0 atom stereocenters. The highest BCUT2D eigenvalue weighted by Gasteiger charge is 2.27. The van der Waals surface area contributed by atoms with Gasteiger partial charge in [0.15, 0.2) is 52.4 Å². The number of hydrogen-bond acceptors (Lipinski definition) is 13. The Bertz CT molecular complexity index is 4920. The van der Waals surface area contributed by atoms with Gasteiger partial charge in [0.05, 0.1) is 66.8 Å². The van der Waals surface area contributed by atoms with Crippen molar-refractivity contribution in [1.29, 1.82) is 0 Å². The number of aromatic nitrogens is 15. The summed E-state index contributed by atoms with van der Waals surface area (Å²) in [5, 5.41) is 28.5. The van der Waals surface area contributed by atoms with Crippen LogP contribution in [0.1, 0.15) is 154 Å². The number of nitrogens with one attached hydrogen (secondary N) is 1. The predicted octanol–water partition coefficient (Wildman–Crippen LogP) is 16.6. The van der Waals surface area contributed by atoms with E-state index in [4.69, 9.17) is 16.7 Å². The molecule has 11 aromatic rings. The van der Waals surface area contributed by atoms with Crippen LogP contribution in [0.3, 0.4) is 0 Å². The smallest absolute Gasteiger partial charge is 0.319 e. The molecule has 0 radical (unpaired) electrons. The van der Waals surface area contributed by atoms with Crippen molar-refractivity contribution < 1.29 is 66.3 Å². The zero-order valence-electron chi connectivity index (χ0n) is 62.9. The van der Waals surface area contributed by atoms with Crippen molar-refractivity contribution in [2.75, 3.05) is 19.5 Å². The Morgan fingerprint density at radius 3 is 1.23 bits per heavy atom. The van der Waals surface area contributed by atoms with Gasteiger partial charge in [-0.15, -0.1) is 0 Å². The van der Waals surface area contributed by atoms with Crippen molar-refractivity contribution in [1.82, 2.24) is 69.1 Å². The highest BCUT2D eigenvalue weighted by atomic mass is 35.5. The molecule has 0 saturated heterocycles. The van der Waals surface area contributed by atoms with E-state index in [0.29, 0.717) is 72.4 Å². The molecular weight excluding hydrogens is 1460 g/mol. The Hall–Kier alpha value is -9.52. The average molecular weight is 1550 g/mol. The van der Waals surface area contributed by atoms with Crippen LogP contribution in [0.2, 0.25) is 5.02 Å². The van der Waals surface area contributed by atoms with Crippen LogP contribution in [0.5, 0.6) is 0 Å². The fraction of sp³-hybridized carbons (Fsp3) is 0.403. The maximum absolute atomic E-state index is 14.3. The summed E-state index contributed by atoms with van der Waals surface area (Å²) in [7, 11) is -0.211. The van der Waals surface area contributed by atoms with Crippen molar-refractivity contribution >= 4 is 21.7 Å². The molecule has 0 unspecified atom stereocenters. The average Bonchev–Trinajstić information content (AvgIpc) is 1.25. The van der Waals surface area contributed by atoms with Crippen LogP contribution in [0.15, 0.2) is 103 Å². The molecule has 2 N–H and O–H groups in total. The van der Waals surface area contributed by atoms with Crippen LogP contribution in [-0.4, -0.2) is 102 Å². The van der Waals surface area contributed by atoms with E-state index in [9.17, 15) is 52.3 Å². The molecule has 5 aromatic heterocycles. The normalized spacial score (nSPS) is 11.5. The number of aryl methyl sites for hydroxylation is 7. The zero-order valence-corrected chi connectivity index (χ0v) is 64.5. The molecule has 31 heteroatoms. The molecular formula is C77H91ClF10N15O4S+. The number of aromatic amines is 1. The molecule has 6 aromatic carbocycles. The number of aliphatic hydroxyl groups excluding tert-OH is 1. The zero-order chi connectivity index (χ0) is 79.5. The Balaban J connectivity index is 0.000000192. The van der Waals surface area contributed by atoms with E-state index in [1.807, 2.05) is 32.4 Å². The summed E-state index contributed by atoms with van der Waals surface area (Å²) in [6, 6.07) is 22.7. The van der Waals surface area contributed by atoms with E-state index < -0.39 is 73.3 Å². The molecule has 0 aliphatic rings. The van der Waals surface area contributed by atoms with Gasteiger partial charge < -0.3 is 5.11 Å². The maximum atomic E-state index is 14.3. The van der Waals surface area contributed by atoms with E-state index in [2.05, 4.69) is 121 Å². The van der Waals surface area contributed by atoms with Crippen molar-refractivity contribution in [2.24, 2.45) is 14.1 Å². The third-order valence-electron chi connectivity index (χ3n) is 16.2. The standard InChI is InChI=1S/C26H33F2N3.C14H17F2N3O3S.C13H15F2N3O.C12H12ClF2N3.C12H13F2N3/c1-8-9-23-29-24(21-11-10-20(27)15-22(21)28)30-31(23)16-17-12-18(25(2,3)4)14-19(13-17)26(5,6)7;1-3-4-13-17-14(11-6-5-10(15)9-12(11)16)19(18-13)7-8-22-23(2,20)21;1-2-3-12-16-13(18(17-12)6-7-19)10-5-4-9(14)8-11(10)15;1-3-4-9-16-12(18(2)17-9)7-5-6-8(14)10(13)11(7)15;1-3-4-11-15-12(17(2)16-11)9-6-5-8(13)7-10(9)14/h10-15H,8-9,16H2,1-7H3;5-6,9H,3-4,7-8H2,1-2H3;4-5,8,19H,2-3,6-7H2,1H3;5-6H,3-4H2,1-2H3;5-7H,3-4H2,1-2H3/p+1. The molecule has 19 nitrogen and oxygen atoms in total. The summed E-state index contributed by atoms with van der Waals surface area (Å²) >= 11 is 5.55. The van der Waals surface area contributed by atoms with Gasteiger partial charge in [0.2, 0.25) is 0 Å². The summed E-state index contributed by atoms with van der Waals surface area (Å²) in [6.07, 6.45) is 8.85. The number of H-pyrrole nitrogens is 1. The maximum Gasteiger partial charge on any atom is 0.319 e. The van der Waals surface area contributed by atoms with Crippen LogP contribution >= 0.6 is 11.6 Å². The fourth-order valence-corrected chi connectivity index (χ4v) is 11.4. The lowest BCUT2D eigenvalue weighted by molar-refractivity contribution is -0.749. The summed E-state index contributed by atoms with van der Waals surface area (Å²) < 4.78 is 169. The molecule has 0 aliphatic heterocycles. The second-order valence-corrected chi connectivity index (χ2v) is 29.3. The first-order valence-electron chi connectivity index (χ1n) is 35.2. The second kappa shape index (κ2) is 38.5. The van der Waals surface area contributed by atoms with Crippen molar-refractivity contribution in [3.8, 4) is 56.9 Å². The minimum absolute atomic E-state index is 0.0311. The fourth-order valence-electron chi connectivity index (χ4n) is 10.8. The third-order valence-corrected chi connectivity index (χ3v) is 17.1. The molecule has 580 valence electrons. The largest absolute Gasteiger partial charge is 0.394 e. The SMILES string of the molecule is CCCc1nc(-c2ccc(F)c(Cl)c2F)n(C)n1.CCCc1nc(-c2ccc(F)cc2F)[nH][n+]1Cc1cc(C(C)(C)C)cc(C(C)(C)C)c1.CCCc1nc(-c2ccc(F)cc2F)n(C)n1.CCCc1nc(-c2ccc(F)cc2F)n(CCO)n1.CCCc1nc(-c2ccc(F)cc2F)n(CCOS(C)(=O)=O)n1. The van der Waals surface area contributed by atoms with Crippen LogP contribution in [0.4, 0.5) is 43.9 Å². The first-order chi connectivity index (χ1) is 51.0. The van der Waals surface area contributed by atoms with Gasteiger partial charge in [0.25, 0.3) is 15.9 Å². The second-order valence-electron chi connectivity index (χ2n) is 27.3. The number of nitrogens with zero attached hydrogens (tertiary/aromatic N) is 14. The molecule has 108 heavy (non-hydrogen) atoms. The van der Waals surface area contributed by atoms with Gasteiger partial charge in [-0.3, -0.25) is 4.18 Å². The molecule has 0 aliphatic carbocycles. The van der Waals surface area contributed by atoms with Crippen LogP contribution in [0, 0.1) is 58.2 Å². The van der Waals surface area contributed by atoms with Gasteiger partial charge in [-0.05, 0) is 125 Å². The van der Waals surface area contributed by atoms with Gasteiger partial charge in [-0.2, -0.15) is 38.6 Å². The minimum Gasteiger partial charge on any atom is -0.394 e. The molecule has 0 spiro atoms. The molecule has 5 heterocycles. The van der Waals surface area contributed by atoms with Gasteiger partial charge >= 0.3 is 5.82 Å². The van der Waals surface area contributed by atoms with Crippen molar-refractivity contribution in [3.05, 3.63) is 212 Å². The van der Waals surface area contributed by atoms with E-state index >= 15 is 0 Å². The Labute approximate surface area is 627 Å². The first-order valence-corrected chi connectivity index (χ1v) is 37.4. The number of aliphatic hydroxyl groups is 1. The van der Waals surface area contributed by atoms with Crippen LogP contribution in [-0.2, 0) is 91.0 Å². The number of hydrogen-bond donors (Lipinski definition) is 2. The summed E-state index contributed by atoms with van der Waals surface area (Å²) in [4.78, 5) is 21.6. The Morgan fingerprint density at radius 2 is 0.843 bits per heavy atom. The lowest BCUT2D eigenvalue weighted by atomic mass is 9.79. The van der Waals surface area contributed by atoms with E-state index in [-0.39, 0.29) is 70.8 Å². The quantitative estimate of drug-likeness (QED) is 0.0264. The number of halogens is 11. The van der Waals surface area contributed by atoms with Gasteiger partial charge in [-0.25, -0.2) is 82.6 Å². The van der Waals surface area contributed by atoms with Gasteiger partial charge in [0.1, 0.15) is 63.9 Å². The van der Waals surface area contributed by atoms with E-state index in [0.717, 1.165) is 93.4 Å². The Morgan fingerprint density at radius 1 is 0.472 bits per heavy atom. The number of rotatable bonds is 23. The lowest BCUT2D eigenvalue weighted by Crippen LogP contribution is -2.40. The summed E-state index contributed by atoms with van der Waals surface area (Å²) in [6.45, 7) is 24.0. The van der Waals surface area contributed by atoms with Crippen molar-refractivity contribution in [2.45, 2.75) is 171 Å². The molecule has 0 fully saturated rings. The van der Waals surface area contributed by atoms with E-state index in [1.54, 1.807) is 14.1 Å². The van der Waals surface area contributed by atoms with Crippen LogP contribution < -0.4 is 4.68 Å². The monoisotopic (exact) mass is 1550 g/mol. The van der Waals surface area contributed by atoms with E-state index in [1.165, 1.54) is 83.9 Å². The summed E-state index contributed by atoms with van der Waals surface area (Å²) in [5.74, 6) is -1.81. The van der Waals surface area contributed by atoms with Gasteiger partial charge in [0, 0.05) is 64.0 Å². The van der Waals surface area contributed by atoms with Crippen molar-refractivity contribution in [3.63, 3.8) is 0 Å². The van der Waals surface area contributed by atoms with Crippen LogP contribution in [0.25, 0.3) is 56.9 Å². The topological polar surface area (TPSA) is 219 Å². The first kappa shape index (κ1) is 85.7. The number of benzene rings is 6. The predicted molar refractivity (Wildman–Crippen MR) is 393 cm³/mol. The third kappa shape index (κ3) is 23.7.